The maximum atomic E-state index is 12.4. The molecule has 0 aromatic heterocycles. The van der Waals surface area contributed by atoms with E-state index in [-0.39, 0.29) is 11.7 Å². The molecule has 1 amide bonds. The van der Waals surface area contributed by atoms with Gasteiger partial charge in [-0.1, -0.05) is 0 Å². The number of ketones is 1. The predicted molar refractivity (Wildman–Crippen MR) is 78.3 cm³/mol. The van der Waals surface area contributed by atoms with Crippen LogP contribution in [0.2, 0.25) is 0 Å². The van der Waals surface area contributed by atoms with Crippen LogP contribution in [-0.4, -0.2) is 42.1 Å². The molecule has 0 atom stereocenters. The summed E-state index contributed by atoms with van der Waals surface area (Å²) in [5.74, 6) is 0.439. The van der Waals surface area contributed by atoms with Gasteiger partial charge in [0, 0.05) is 12.6 Å². The number of hydrogen-bond acceptors (Lipinski definition) is 4. The number of aliphatic imine (C=N–C) groups is 1. The Bertz CT molecular complexity index is 683. The van der Waals surface area contributed by atoms with Gasteiger partial charge >= 0.3 is 0 Å². The minimum atomic E-state index is -0.889. The number of allylic oxidation sites excluding steroid dienone is 2. The fourth-order valence-corrected chi connectivity index (χ4v) is 2.38. The lowest BCUT2D eigenvalue weighted by atomic mass is 10.0. The average molecular weight is 282 g/mol. The first-order chi connectivity index (χ1) is 10.1. The van der Waals surface area contributed by atoms with Gasteiger partial charge in [-0.15, -0.1) is 0 Å². The zero-order valence-corrected chi connectivity index (χ0v) is 11.7. The molecule has 0 bridgehead atoms. The highest BCUT2D eigenvalue weighted by atomic mass is 16.5. The quantitative estimate of drug-likeness (QED) is 0.822. The monoisotopic (exact) mass is 282 g/mol. The summed E-state index contributed by atoms with van der Waals surface area (Å²) in [4.78, 5) is 29.7. The lowest BCUT2D eigenvalue weighted by molar-refractivity contribution is -0.124. The Labute approximate surface area is 122 Å². The molecule has 5 heteroatoms. The molecule has 0 fully saturated rings. The molecular formula is C16H14N2O3. The summed E-state index contributed by atoms with van der Waals surface area (Å²) in [5, 5.41) is 0. The standard InChI is InChI=1S/C16H14N2O3/c1-18-15(20)14(11-3-5-13(21-2)6-4-11)17-16(18)9-7-12(19)8-10-16/h3-10H,1-2H3. The fourth-order valence-electron chi connectivity index (χ4n) is 2.38. The van der Waals surface area contributed by atoms with Crippen molar-refractivity contribution < 1.29 is 14.3 Å². The summed E-state index contributed by atoms with van der Waals surface area (Å²) >= 11 is 0. The first-order valence-electron chi connectivity index (χ1n) is 6.50. The number of nitrogens with zero attached hydrogens (tertiary/aromatic N) is 2. The van der Waals surface area contributed by atoms with Gasteiger partial charge in [0.2, 0.25) is 0 Å². The third kappa shape index (κ3) is 2.07. The van der Waals surface area contributed by atoms with E-state index in [1.807, 2.05) is 0 Å². The maximum absolute atomic E-state index is 12.4. The predicted octanol–water partition coefficient (Wildman–Crippen LogP) is 1.35. The van der Waals surface area contributed by atoms with Crippen molar-refractivity contribution in [1.29, 1.82) is 0 Å². The van der Waals surface area contributed by atoms with E-state index in [0.717, 1.165) is 11.3 Å². The molecule has 1 spiro atoms. The Balaban J connectivity index is 2.02. The molecule has 1 aromatic carbocycles. The molecule has 106 valence electrons. The number of benzene rings is 1. The summed E-state index contributed by atoms with van der Waals surface area (Å²) in [5.41, 5.74) is 0.215. The molecule has 1 heterocycles. The fraction of sp³-hybridized carbons (Fsp3) is 0.188. The summed E-state index contributed by atoms with van der Waals surface area (Å²) in [7, 11) is 3.26. The van der Waals surface area contributed by atoms with Crippen LogP contribution in [0.3, 0.4) is 0 Å². The number of amides is 1. The van der Waals surface area contributed by atoms with Crippen LogP contribution in [0.15, 0.2) is 53.6 Å². The first kappa shape index (κ1) is 13.3. The SMILES string of the molecule is COc1ccc(C2=NC3(C=CC(=O)C=C3)N(C)C2=O)cc1. The third-order valence-corrected chi connectivity index (χ3v) is 3.68. The molecule has 1 aliphatic heterocycles. The second-order valence-corrected chi connectivity index (χ2v) is 4.91. The molecule has 0 saturated carbocycles. The minimum Gasteiger partial charge on any atom is -0.497 e. The summed E-state index contributed by atoms with van der Waals surface area (Å²) < 4.78 is 5.11. The van der Waals surface area contributed by atoms with Gasteiger partial charge < -0.3 is 9.64 Å². The van der Waals surface area contributed by atoms with E-state index in [0.29, 0.717) is 5.71 Å². The molecule has 1 aromatic rings. The third-order valence-electron chi connectivity index (χ3n) is 3.68. The van der Waals surface area contributed by atoms with E-state index >= 15 is 0 Å². The minimum absolute atomic E-state index is 0.102. The smallest absolute Gasteiger partial charge is 0.274 e. The Morgan fingerprint density at radius 3 is 2.29 bits per heavy atom. The van der Waals surface area contributed by atoms with Crippen molar-refractivity contribution in [2.45, 2.75) is 5.66 Å². The number of methoxy groups -OCH3 is 1. The van der Waals surface area contributed by atoms with Crippen molar-refractivity contribution >= 4 is 17.4 Å². The molecule has 1 aliphatic carbocycles. The molecule has 5 nitrogen and oxygen atoms in total. The van der Waals surface area contributed by atoms with E-state index in [2.05, 4.69) is 4.99 Å². The normalized spacial score (nSPS) is 19.3. The lowest BCUT2D eigenvalue weighted by Crippen LogP contribution is -2.42. The van der Waals surface area contributed by atoms with Crippen LogP contribution in [0, 0.1) is 0 Å². The van der Waals surface area contributed by atoms with E-state index < -0.39 is 5.66 Å². The highest BCUT2D eigenvalue weighted by Crippen LogP contribution is 2.30. The zero-order chi connectivity index (χ0) is 15.0. The molecule has 2 aliphatic rings. The molecule has 0 N–H and O–H groups in total. The van der Waals surface area contributed by atoms with E-state index in [4.69, 9.17) is 4.74 Å². The second kappa shape index (κ2) is 4.70. The van der Waals surface area contributed by atoms with Crippen LogP contribution in [0.1, 0.15) is 5.56 Å². The molecule has 0 saturated heterocycles. The van der Waals surface area contributed by atoms with Crippen LogP contribution in [-0.2, 0) is 9.59 Å². The number of likely N-dealkylation sites (N-methyl/N-ethyl adjacent to an activating group) is 1. The Morgan fingerprint density at radius 1 is 1.10 bits per heavy atom. The Hall–Kier alpha value is -2.69. The summed E-state index contributed by atoms with van der Waals surface area (Å²) in [6.07, 6.45) is 6.15. The Morgan fingerprint density at radius 2 is 1.71 bits per heavy atom. The van der Waals surface area contributed by atoms with Crippen LogP contribution >= 0.6 is 0 Å². The zero-order valence-electron chi connectivity index (χ0n) is 11.7. The highest BCUT2D eigenvalue weighted by Gasteiger charge is 2.42. The molecule has 3 rings (SSSR count). The van der Waals surface area contributed by atoms with E-state index in [1.165, 1.54) is 17.1 Å². The summed E-state index contributed by atoms with van der Waals surface area (Å²) in [6.45, 7) is 0. The van der Waals surface area contributed by atoms with Gasteiger partial charge in [-0.25, -0.2) is 4.99 Å². The highest BCUT2D eigenvalue weighted by molar-refractivity contribution is 6.47. The first-order valence-corrected chi connectivity index (χ1v) is 6.50. The molecular weight excluding hydrogens is 268 g/mol. The van der Waals surface area contributed by atoms with Gasteiger partial charge in [0.15, 0.2) is 11.4 Å². The van der Waals surface area contributed by atoms with Crippen LogP contribution in [0.25, 0.3) is 0 Å². The van der Waals surface area contributed by atoms with Crippen molar-refractivity contribution in [3.8, 4) is 5.75 Å². The van der Waals surface area contributed by atoms with Gasteiger partial charge in [0.05, 0.1) is 7.11 Å². The average Bonchev–Trinajstić information content (AvgIpc) is 2.76. The van der Waals surface area contributed by atoms with Crippen molar-refractivity contribution in [2.75, 3.05) is 14.2 Å². The Kier molecular flexibility index (Phi) is 2.97. The van der Waals surface area contributed by atoms with Crippen molar-refractivity contribution in [2.24, 2.45) is 4.99 Å². The lowest BCUT2D eigenvalue weighted by Gasteiger charge is -2.28. The number of rotatable bonds is 2. The van der Waals surface area contributed by atoms with Crippen LogP contribution < -0.4 is 4.74 Å². The topological polar surface area (TPSA) is 59.0 Å². The largest absolute Gasteiger partial charge is 0.497 e. The van der Waals surface area contributed by atoms with Gasteiger partial charge in [-0.05, 0) is 48.6 Å². The van der Waals surface area contributed by atoms with Crippen molar-refractivity contribution in [1.82, 2.24) is 4.90 Å². The van der Waals surface area contributed by atoms with Crippen LogP contribution in [0.5, 0.6) is 5.75 Å². The van der Waals surface area contributed by atoms with Crippen molar-refractivity contribution in [3.05, 3.63) is 54.1 Å². The summed E-state index contributed by atoms with van der Waals surface area (Å²) in [6, 6.07) is 7.16. The molecule has 0 unspecified atom stereocenters. The molecule has 21 heavy (non-hydrogen) atoms. The molecule has 0 radical (unpaired) electrons. The number of carbonyl (C=O) groups is 2. The van der Waals surface area contributed by atoms with Gasteiger partial charge in [0.25, 0.3) is 5.91 Å². The number of ether oxygens (including phenoxy) is 1. The number of carbonyl (C=O) groups excluding carboxylic acids is 2. The van der Waals surface area contributed by atoms with Crippen LogP contribution in [0.4, 0.5) is 0 Å². The van der Waals surface area contributed by atoms with E-state index in [9.17, 15) is 9.59 Å². The second-order valence-electron chi connectivity index (χ2n) is 4.91. The van der Waals surface area contributed by atoms with Gasteiger partial charge in [0.1, 0.15) is 11.5 Å². The van der Waals surface area contributed by atoms with Gasteiger partial charge in [-0.2, -0.15) is 0 Å². The van der Waals surface area contributed by atoms with Gasteiger partial charge in [-0.3, -0.25) is 9.59 Å². The van der Waals surface area contributed by atoms with Crippen molar-refractivity contribution in [3.63, 3.8) is 0 Å². The van der Waals surface area contributed by atoms with E-state index in [1.54, 1.807) is 50.6 Å². The maximum Gasteiger partial charge on any atom is 0.274 e. The number of hydrogen-bond donors (Lipinski definition) is 0.